The van der Waals surface area contributed by atoms with Crippen LogP contribution in [0, 0.1) is 5.82 Å². The van der Waals surface area contributed by atoms with Crippen LogP contribution in [0.5, 0.6) is 11.5 Å². The van der Waals surface area contributed by atoms with Crippen LogP contribution in [0.3, 0.4) is 0 Å². The SMILES string of the molecule is COc1cc(F)ccc1[C@H](N)c1ccc(OC(F)(F)F)cc1.Cl. The second kappa shape index (κ2) is 7.52. The molecule has 0 saturated heterocycles. The summed E-state index contributed by atoms with van der Waals surface area (Å²) >= 11 is 0. The summed E-state index contributed by atoms with van der Waals surface area (Å²) < 4.78 is 58.3. The highest BCUT2D eigenvalue weighted by atomic mass is 35.5. The van der Waals surface area contributed by atoms with Crippen LogP contribution in [0.15, 0.2) is 42.5 Å². The summed E-state index contributed by atoms with van der Waals surface area (Å²) in [6.07, 6.45) is -4.75. The Kier molecular flexibility index (Phi) is 6.23. The maximum absolute atomic E-state index is 13.2. The maximum atomic E-state index is 13.2. The van der Waals surface area contributed by atoms with E-state index in [1.54, 1.807) is 0 Å². The van der Waals surface area contributed by atoms with Crippen molar-refractivity contribution in [2.45, 2.75) is 12.4 Å². The number of rotatable bonds is 4. The van der Waals surface area contributed by atoms with Gasteiger partial charge in [0.25, 0.3) is 0 Å². The van der Waals surface area contributed by atoms with Gasteiger partial charge < -0.3 is 15.2 Å². The van der Waals surface area contributed by atoms with Gasteiger partial charge >= 0.3 is 6.36 Å². The molecule has 2 N–H and O–H groups in total. The Hall–Kier alpha value is -1.99. The van der Waals surface area contributed by atoms with Crippen LogP contribution in [0.25, 0.3) is 0 Å². The van der Waals surface area contributed by atoms with E-state index >= 15 is 0 Å². The van der Waals surface area contributed by atoms with Crippen LogP contribution in [-0.4, -0.2) is 13.5 Å². The maximum Gasteiger partial charge on any atom is 0.573 e. The average Bonchev–Trinajstić information content (AvgIpc) is 2.45. The lowest BCUT2D eigenvalue weighted by Crippen LogP contribution is -2.17. The zero-order valence-electron chi connectivity index (χ0n) is 11.9. The second-order valence-electron chi connectivity index (χ2n) is 4.48. The molecule has 0 bridgehead atoms. The van der Waals surface area contributed by atoms with Crippen LogP contribution < -0.4 is 15.2 Å². The van der Waals surface area contributed by atoms with Gasteiger partial charge in [-0.2, -0.15) is 0 Å². The van der Waals surface area contributed by atoms with E-state index in [-0.39, 0.29) is 23.9 Å². The summed E-state index contributed by atoms with van der Waals surface area (Å²) in [5.74, 6) is -0.542. The van der Waals surface area contributed by atoms with Crippen molar-refractivity contribution in [1.29, 1.82) is 0 Å². The molecule has 0 aliphatic carbocycles. The smallest absolute Gasteiger partial charge is 0.496 e. The van der Waals surface area contributed by atoms with Crippen LogP contribution in [0.2, 0.25) is 0 Å². The molecule has 0 radical (unpaired) electrons. The predicted molar refractivity (Wildman–Crippen MR) is 79.4 cm³/mol. The summed E-state index contributed by atoms with van der Waals surface area (Å²) in [5.41, 5.74) is 7.12. The molecule has 2 aromatic carbocycles. The molecule has 126 valence electrons. The number of alkyl halides is 3. The number of hydrogen-bond donors (Lipinski definition) is 1. The number of hydrogen-bond acceptors (Lipinski definition) is 3. The van der Waals surface area contributed by atoms with E-state index in [1.165, 1.54) is 49.6 Å². The fraction of sp³-hybridized carbons (Fsp3) is 0.200. The Balaban J connectivity index is 0.00000264. The van der Waals surface area contributed by atoms with Gasteiger partial charge in [-0.05, 0) is 23.8 Å². The third-order valence-electron chi connectivity index (χ3n) is 3.00. The fourth-order valence-corrected chi connectivity index (χ4v) is 2.00. The zero-order valence-corrected chi connectivity index (χ0v) is 12.7. The first-order chi connectivity index (χ1) is 10.3. The Morgan fingerprint density at radius 2 is 1.65 bits per heavy atom. The van der Waals surface area contributed by atoms with Crippen molar-refractivity contribution in [3.05, 3.63) is 59.4 Å². The molecule has 0 aliphatic heterocycles. The molecule has 3 nitrogen and oxygen atoms in total. The first-order valence-electron chi connectivity index (χ1n) is 6.25. The third-order valence-corrected chi connectivity index (χ3v) is 3.00. The molecular formula is C15H14ClF4NO2. The van der Waals surface area contributed by atoms with Crippen molar-refractivity contribution >= 4 is 12.4 Å². The van der Waals surface area contributed by atoms with Crippen molar-refractivity contribution in [3.63, 3.8) is 0 Å². The third kappa shape index (κ3) is 5.01. The van der Waals surface area contributed by atoms with Crippen LogP contribution in [0.1, 0.15) is 17.2 Å². The molecule has 0 spiro atoms. The molecule has 2 rings (SSSR count). The Bertz CT molecular complexity index is 647. The molecule has 0 unspecified atom stereocenters. The molecule has 2 aromatic rings. The van der Waals surface area contributed by atoms with Crippen molar-refractivity contribution in [1.82, 2.24) is 0 Å². The normalized spacial score (nSPS) is 12.3. The highest BCUT2D eigenvalue weighted by molar-refractivity contribution is 5.85. The minimum absolute atomic E-state index is 0. The van der Waals surface area contributed by atoms with Crippen molar-refractivity contribution in [3.8, 4) is 11.5 Å². The summed E-state index contributed by atoms with van der Waals surface area (Å²) in [7, 11) is 1.38. The molecule has 0 heterocycles. The van der Waals surface area contributed by atoms with Gasteiger partial charge in [-0.1, -0.05) is 18.2 Å². The highest BCUT2D eigenvalue weighted by Gasteiger charge is 2.31. The number of nitrogens with two attached hydrogens (primary N) is 1. The molecule has 0 aliphatic rings. The minimum atomic E-state index is -4.75. The van der Waals surface area contributed by atoms with E-state index in [0.717, 1.165) is 0 Å². The monoisotopic (exact) mass is 351 g/mol. The Labute approximate surface area is 136 Å². The first kappa shape index (κ1) is 19.1. The Morgan fingerprint density at radius 1 is 1.04 bits per heavy atom. The van der Waals surface area contributed by atoms with E-state index in [9.17, 15) is 17.6 Å². The highest BCUT2D eigenvalue weighted by Crippen LogP contribution is 2.30. The van der Waals surface area contributed by atoms with Crippen LogP contribution in [0.4, 0.5) is 17.6 Å². The quantitative estimate of drug-likeness (QED) is 0.839. The molecule has 23 heavy (non-hydrogen) atoms. The van der Waals surface area contributed by atoms with Gasteiger partial charge in [0.2, 0.25) is 0 Å². The fourth-order valence-electron chi connectivity index (χ4n) is 2.00. The van der Waals surface area contributed by atoms with Crippen molar-refractivity contribution in [2.75, 3.05) is 7.11 Å². The van der Waals surface area contributed by atoms with Gasteiger partial charge in [-0.25, -0.2) is 4.39 Å². The van der Waals surface area contributed by atoms with Crippen molar-refractivity contribution in [2.24, 2.45) is 5.73 Å². The van der Waals surface area contributed by atoms with Gasteiger partial charge in [0, 0.05) is 11.6 Å². The molecule has 0 fully saturated rings. The number of ether oxygens (including phenoxy) is 2. The van der Waals surface area contributed by atoms with E-state index in [0.29, 0.717) is 11.1 Å². The van der Waals surface area contributed by atoms with E-state index < -0.39 is 18.2 Å². The van der Waals surface area contributed by atoms with E-state index in [1.807, 2.05) is 0 Å². The lowest BCUT2D eigenvalue weighted by atomic mass is 9.98. The lowest BCUT2D eigenvalue weighted by Gasteiger charge is -2.17. The first-order valence-corrected chi connectivity index (χ1v) is 6.25. The average molecular weight is 352 g/mol. The number of methoxy groups -OCH3 is 1. The molecular weight excluding hydrogens is 338 g/mol. The van der Waals surface area contributed by atoms with E-state index in [2.05, 4.69) is 4.74 Å². The zero-order chi connectivity index (χ0) is 16.3. The molecule has 1 atom stereocenters. The van der Waals surface area contributed by atoms with Gasteiger partial charge in [0.15, 0.2) is 0 Å². The van der Waals surface area contributed by atoms with Gasteiger partial charge in [0.1, 0.15) is 17.3 Å². The molecule has 0 amide bonds. The summed E-state index contributed by atoms with van der Waals surface area (Å²) in [5, 5.41) is 0. The molecule has 8 heteroatoms. The number of halogens is 5. The molecule has 0 saturated carbocycles. The van der Waals surface area contributed by atoms with Gasteiger partial charge in [-0.3, -0.25) is 0 Å². The largest absolute Gasteiger partial charge is 0.573 e. The number of benzene rings is 2. The predicted octanol–water partition coefficient (Wildman–Crippen LogP) is 4.20. The molecule has 0 aromatic heterocycles. The van der Waals surface area contributed by atoms with E-state index in [4.69, 9.17) is 10.5 Å². The van der Waals surface area contributed by atoms with Gasteiger partial charge in [0.05, 0.1) is 13.2 Å². The second-order valence-corrected chi connectivity index (χ2v) is 4.48. The van der Waals surface area contributed by atoms with Crippen LogP contribution in [-0.2, 0) is 0 Å². The lowest BCUT2D eigenvalue weighted by molar-refractivity contribution is -0.274. The van der Waals surface area contributed by atoms with Crippen LogP contribution >= 0.6 is 12.4 Å². The summed E-state index contributed by atoms with van der Waals surface area (Å²) in [4.78, 5) is 0. The van der Waals surface area contributed by atoms with Crippen molar-refractivity contribution < 1.29 is 27.0 Å². The summed E-state index contributed by atoms with van der Waals surface area (Å²) in [6.45, 7) is 0. The minimum Gasteiger partial charge on any atom is -0.496 e. The Morgan fingerprint density at radius 3 is 2.17 bits per heavy atom. The summed E-state index contributed by atoms with van der Waals surface area (Å²) in [6, 6.07) is 8.38. The van der Waals surface area contributed by atoms with Gasteiger partial charge in [-0.15, -0.1) is 25.6 Å². The standard InChI is InChI=1S/C15H13F4NO2.ClH/c1-21-13-8-10(16)4-7-12(13)14(20)9-2-5-11(6-3-9)22-15(17,18)19;/h2-8,14H,20H2,1H3;1H/t14-;/m1./s1. The topological polar surface area (TPSA) is 44.5 Å².